The van der Waals surface area contributed by atoms with E-state index in [1.165, 1.54) is 22.5 Å². The fourth-order valence-corrected chi connectivity index (χ4v) is 4.45. The number of ether oxygens (including phenoxy) is 2. The first kappa shape index (κ1) is 28.9. The van der Waals surface area contributed by atoms with Crippen molar-refractivity contribution in [2.24, 2.45) is 0 Å². The molecule has 3 aromatic rings. The topological polar surface area (TPSA) is 83.1 Å². The van der Waals surface area contributed by atoms with Crippen LogP contribution in [0.1, 0.15) is 28.9 Å². The van der Waals surface area contributed by atoms with Crippen molar-refractivity contribution in [3.05, 3.63) is 88.1 Å². The van der Waals surface area contributed by atoms with Crippen molar-refractivity contribution in [1.29, 1.82) is 0 Å². The van der Waals surface area contributed by atoms with Gasteiger partial charge in [-0.15, -0.1) is 0 Å². The first-order valence-electron chi connectivity index (χ1n) is 12.5. The molecule has 1 atom stereocenters. The fourth-order valence-electron chi connectivity index (χ4n) is 4.01. The van der Waals surface area contributed by atoms with Gasteiger partial charge in [0.25, 0.3) is 5.91 Å². The summed E-state index contributed by atoms with van der Waals surface area (Å²) < 4.78 is 27.7. The van der Waals surface area contributed by atoms with Crippen LogP contribution in [0, 0.1) is 5.82 Å². The van der Waals surface area contributed by atoms with E-state index >= 15 is 0 Å². The number of rotatable bonds is 9. The molecule has 1 fully saturated rings. The number of thiol groups is 1. The van der Waals surface area contributed by atoms with E-state index in [0.717, 1.165) is 23.1 Å². The Balaban J connectivity index is 1.49. The van der Waals surface area contributed by atoms with Crippen molar-refractivity contribution < 1.29 is 23.5 Å². The third-order valence-electron chi connectivity index (χ3n) is 6.25. The number of amides is 3. The third kappa shape index (κ3) is 7.95. The van der Waals surface area contributed by atoms with E-state index in [2.05, 4.69) is 44.3 Å². The van der Waals surface area contributed by atoms with Gasteiger partial charge < -0.3 is 20.1 Å². The van der Waals surface area contributed by atoms with Crippen LogP contribution in [0.5, 0.6) is 5.75 Å². The van der Waals surface area contributed by atoms with Crippen LogP contribution in [-0.2, 0) is 4.74 Å². The number of benzene rings is 3. The largest absolute Gasteiger partial charge is 0.490 e. The molecule has 0 bridgehead atoms. The first-order chi connectivity index (χ1) is 18.8. The highest BCUT2D eigenvalue weighted by Crippen LogP contribution is 2.32. The number of nitrogens with one attached hydrogen (secondary N) is 2. The number of halogens is 2. The van der Waals surface area contributed by atoms with Crippen molar-refractivity contribution in [2.45, 2.75) is 13.0 Å². The minimum Gasteiger partial charge on any atom is -0.490 e. The molecule has 3 amide bonds. The maximum atomic E-state index is 14.2. The van der Waals surface area contributed by atoms with Crippen LogP contribution in [0.15, 0.2) is 71.2 Å². The number of carbonyl (C=O) groups is 2. The Morgan fingerprint density at radius 3 is 2.56 bits per heavy atom. The second-order valence-corrected chi connectivity index (χ2v) is 10.3. The van der Waals surface area contributed by atoms with Crippen LogP contribution >= 0.6 is 28.7 Å². The molecular weight excluding hydrogens is 587 g/mol. The van der Waals surface area contributed by atoms with Gasteiger partial charge in [0.05, 0.1) is 36.2 Å². The van der Waals surface area contributed by atoms with Crippen LogP contribution in [-0.4, -0.2) is 56.3 Å². The molecule has 206 valence electrons. The lowest BCUT2D eigenvalue weighted by Crippen LogP contribution is -2.38. The smallest absolute Gasteiger partial charge is 0.332 e. The van der Waals surface area contributed by atoms with E-state index in [-0.39, 0.29) is 11.6 Å². The maximum absolute atomic E-state index is 14.2. The summed E-state index contributed by atoms with van der Waals surface area (Å²) in [6.45, 7) is 5.83. The number of morpholine rings is 1. The third-order valence-corrected chi connectivity index (χ3v) is 7.19. The minimum absolute atomic E-state index is 0.0852. The van der Waals surface area contributed by atoms with Gasteiger partial charge in [-0.3, -0.25) is 9.69 Å². The van der Waals surface area contributed by atoms with Gasteiger partial charge in [-0.05, 0) is 48.9 Å². The monoisotopic (exact) mass is 616 g/mol. The molecule has 1 saturated heterocycles. The number of hydrogen-bond donors (Lipinski definition) is 3. The zero-order chi connectivity index (χ0) is 27.8. The Labute approximate surface area is 241 Å². The summed E-state index contributed by atoms with van der Waals surface area (Å²) >= 11 is 7.82. The summed E-state index contributed by atoms with van der Waals surface area (Å²) in [5, 5.41) is 5.64. The fraction of sp³-hybridized carbons (Fsp3) is 0.286. The maximum Gasteiger partial charge on any atom is 0.332 e. The second kappa shape index (κ2) is 13.8. The first-order valence-corrected chi connectivity index (χ1v) is 13.7. The average molecular weight is 618 g/mol. The molecule has 0 saturated carbocycles. The summed E-state index contributed by atoms with van der Waals surface area (Å²) in [5.41, 5.74) is 1.63. The van der Waals surface area contributed by atoms with Crippen LogP contribution < -0.4 is 19.7 Å². The van der Waals surface area contributed by atoms with E-state index in [9.17, 15) is 14.0 Å². The Morgan fingerprint density at radius 2 is 1.85 bits per heavy atom. The van der Waals surface area contributed by atoms with Gasteiger partial charge >= 0.3 is 6.03 Å². The standard InChI is InChI=1S/C28H30BrFN4O4S/c1-19(20-6-8-21(29)9-7-20)31-28(36)34(39)22-10-11-25(32-27(35)23-4-2-3-5-24(23)30)26(18-22)38-17-14-33-12-15-37-16-13-33/h2-11,18-19,39H,12-17H2,1H3,(H,31,36)(H,32,35). The zero-order valence-corrected chi connectivity index (χ0v) is 23.9. The van der Waals surface area contributed by atoms with Gasteiger partial charge in [-0.25, -0.2) is 13.5 Å². The molecule has 0 spiro atoms. The highest BCUT2D eigenvalue weighted by atomic mass is 79.9. The summed E-state index contributed by atoms with van der Waals surface area (Å²) in [5.74, 6) is -0.902. The Kier molecular flexibility index (Phi) is 10.2. The normalized spacial score (nSPS) is 14.4. The molecule has 39 heavy (non-hydrogen) atoms. The van der Waals surface area contributed by atoms with E-state index in [0.29, 0.717) is 43.5 Å². The predicted octanol–water partition coefficient (Wildman–Crippen LogP) is 5.67. The Hall–Kier alpha value is -3.12. The molecule has 1 unspecified atom stereocenters. The highest BCUT2D eigenvalue weighted by molar-refractivity contribution is 9.10. The number of carbonyl (C=O) groups excluding carboxylic acids is 2. The molecule has 0 radical (unpaired) electrons. The van der Waals surface area contributed by atoms with Gasteiger partial charge in [0.15, 0.2) is 0 Å². The van der Waals surface area contributed by atoms with Gasteiger partial charge in [0, 0.05) is 30.2 Å². The number of urea groups is 1. The van der Waals surface area contributed by atoms with E-state index in [1.807, 2.05) is 31.2 Å². The van der Waals surface area contributed by atoms with Crippen molar-refractivity contribution in [1.82, 2.24) is 10.2 Å². The lowest BCUT2D eigenvalue weighted by molar-refractivity contribution is 0.0323. The molecule has 1 heterocycles. The average Bonchev–Trinajstić information content (AvgIpc) is 2.94. The van der Waals surface area contributed by atoms with Gasteiger partial charge in [-0.1, -0.05) is 53.0 Å². The number of anilines is 2. The van der Waals surface area contributed by atoms with Gasteiger partial charge in [-0.2, -0.15) is 0 Å². The summed E-state index contributed by atoms with van der Waals surface area (Å²) in [4.78, 5) is 28.0. The molecule has 2 N–H and O–H groups in total. The van der Waals surface area contributed by atoms with Crippen LogP contribution in [0.2, 0.25) is 0 Å². The second-order valence-electron chi connectivity index (χ2n) is 8.95. The van der Waals surface area contributed by atoms with E-state index in [4.69, 9.17) is 9.47 Å². The molecule has 0 aromatic heterocycles. The van der Waals surface area contributed by atoms with Gasteiger partial charge in [0.1, 0.15) is 18.2 Å². The summed E-state index contributed by atoms with van der Waals surface area (Å²) in [6, 6.07) is 17.6. The Morgan fingerprint density at radius 1 is 1.13 bits per heavy atom. The molecule has 8 nitrogen and oxygen atoms in total. The van der Waals surface area contributed by atoms with Gasteiger partial charge in [0.2, 0.25) is 0 Å². The molecule has 0 aliphatic carbocycles. The van der Waals surface area contributed by atoms with Crippen molar-refractivity contribution in [3.63, 3.8) is 0 Å². The molecule has 1 aliphatic heterocycles. The minimum atomic E-state index is -0.625. The lowest BCUT2D eigenvalue weighted by Gasteiger charge is -2.26. The molecule has 3 aromatic carbocycles. The van der Waals surface area contributed by atoms with E-state index < -0.39 is 17.8 Å². The molecular formula is C28H30BrFN4O4S. The highest BCUT2D eigenvalue weighted by Gasteiger charge is 2.20. The van der Waals surface area contributed by atoms with Crippen molar-refractivity contribution in [2.75, 3.05) is 49.1 Å². The predicted molar refractivity (Wildman–Crippen MR) is 156 cm³/mol. The summed E-state index contributed by atoms with van der Waals surface area (Å²) in [7, 11) is 0. The quantitative estimate of drug-likeness (QED) is 0.270. The number of hydrogen-bond acceptors (Lipinski definition) is 6. The van der Waals surface area contributed by atoms with E-state index in [1.54, 1.807) is 24.3 Å². The van der Waals surface area contributed by atoms with Crippen LogP contribution in [0.4, 0.5) is 20.6 Å². The van der Waals surface area contributed by atoms with Crippen molar-refractivity contribution >= 4 is 52.1 Å². The molecule has 4 rings (SSSR count). The number of nitrogens with zero attached hydrogens (tertiary/aromatic N) is 2. The lowest BCUT2D eigenvalue weighted by atomic mass is 10.1. The SMILES string of the molecule is CC(NC(=O)N(S)c1ccc(NC(=O)c2ccccc2F)c(OCCN2CCOCC2)c1)c1ccc(Br)cc1. The summed E-state index contributed by atoms with van der Waals surface area (Å²) in [6.07, 6.45) is 0. The van der Waals surface area contributed by atoms with Crippen molar-refractivity contribution in [3.8, 4) is 5.75 Å². The Bertz CT molecular complexity index is 1290. The van der Waals surface area contributed by atoms with Crippen LogP contribution in [0.25, 0.3) is 0 Å². The molecule has 1 aliphatic rings. The molecule has 11 heteroatoms. The van der Waals surface area contributed by atoms with Crippen LogP contribution in [0.3, 0.4) is 0 Å². The zero-order valence-electron chi connectivity index (χ0n) is 21.4.